The molecular formula is C28H25BrClNO3S2. The quantitative estimate of drug-likeness (QED) is 0.127. The van der Waals surface area contributed by atoms with Crippen LogP contribution < -0.4 is 21.5 Å². The second-order valence-corrected chi connectivity index (χ2v) is 10.6. The number of carbonyl (C=O) groups excluding carboxylic acids is 2. The molecule has 4 nitrogen and oxygen atoms in total. The lowest BCUT2D eigenvalue weighted by molar-refractivity contribution is -0.598. The van der Waals surface area contributed by atoms with Crippen molar-refractivity contribution in [2.24, 2.45) is 0 Å². The van der Waals surface area contributed by atoms with E-state index in [-0.39, 0.29) is 41.8 Å². The molecule has 0 unspecified atom stereocenters. The van der Waals surface area contributed by atoms with Crippen LogP contribution in [-0.4, -0.2) is 18.4 Å². The average Bonchev–Trinajstić information content (AvgIpc) is 3.22. The molecule has 2 aromatic carbocycles. The first-order valence-corrected chi connectivity index (χ1v) is 13.4. The molecule has 0 N–H and O–H groups in total. The fourth-order valence-corrected chi connectivity index (χ4v) is 6.49. The molecule has 186 valence electrons. The molecule has 0 radical (unpaired) electrons. The minimum absolute atomic E-state index is 0. The van der Waals surface area contributed by atoms with Crippen molar-refractivity contribution in [2.75, 3.05) is 6.61 Å². The van der Waals surface area contributed by atoms with Crippen LogP contribution >= 0.6 is 34.7 Å². The van der Waals surface area contributed by atoms with E-state index in [9.17, 15) is 9.59 Å². The van der Waals surface area contributed by atoms with Crippen LogP contribution in [0.25, 0.3) is 5.69 Å². The maximum atomic E-state index is 13.6. The summed E-state index contributed by atoms with van der Waals surface area (Å²) in [5.41, 5.74) is 4.23. The summed E-state index contributed by atoms with van der Waals surface area (Å²) in [6, 6.07) is 20.9. The number of esters is 1. The summed E-state index contributed by atoms with van der Waals surface area (Å²) < 4.78 is 8.19. The van der Waals surface area contributed by atoms with Crippen LogP contribution in [0.15, 0.2) is 83.3 Å². The lowest BCUT2D eigenvalue weighted by Gasteiger charge is -2.06. The highest BCUT2D eigenvalue weighted by molar-refractivity contribution is 8.00. The minimum Gasteiger partial charge on any atom is -1.00 e. The third-order valence-corrected chi connectivity index (χ3v) is 8.29. The molecule has 0 aliphatic rings. The number of thiophene rings is 1. The zero-order chi connectivity index (χ0) is 24.8. The predicted octanol–water partition coefficient (Wildman–Crippen LogP) is 3.62. The molecule has 0 fully saturated rings. The van der Waals surface area contributed by atoms with Crippen molar-refractivity contribution in [1.82, 2.24) is 0 Å². The number of ketones is 1. The lowest BCUT2D eigenvalue weighted by Crippen LogP contribution is -3.00. The Labute approximate surface area is 235 Å². The molecule has 0 atom stereocenters. The van der Waals surface area contributed by atoms with Crippen LogP contribution in [0, 0.1) is 6.92 Å². The number of halogens is 2. The maximum absolute atomic E-state index is 13.6. The van der Waals surface area contributed by atoms with Crippen LogP contribution in [0.1, 0.15) is 38.8 Å². The zero-order valence-electron chi connectivity index (χ0n) is 19.9. The maximum Gasteiger partial charge on any atom is 0.310 e. The molecule has 0 spiro atoms. The van der Waals surface area contributed by atoms with E-state index in [0.29, 0.717) is 26.8 Å². The smallest absolute Gasteiger partial charge is 0.310 e. The van der Waals surface area contributed by atoms with Gasteiger partial charge in [-0.1, -0.05) is 60.1 Å². The summed E-state index contributed by atoms with van der Waals surface area (Å²) in [7, 11) is 0. The van der Waals surface area contributed by atoms with Crippen LogP contribution in [0.3, 0.4) is 0 Å². The van der Waals surface area contributed by atoms with Gasteiger partial charge in [0.1, 0.15) is 4.21 Å². The Balaban J connectivity index is 0.00000361. The number of pyridine rings is 1. The third kappa shape index (κ3) is 6.65. The van der Waals surface area contributed by atoms with Gasteiger partial charge in [-0.25, -0.2) is 0 Å². The number of aryl methyl sites for hydroxylation is 1. The van der Waals surface area contributed by atoms with Crippen molar-refractivity contribution < 1.29 is 35.9 Å². The van der Waals surface area contributed by atoms with Gasteiger partial charge in [0.15, 0.2) is 12.4 Å². The van der Waals surface area contributed by atoms with E-state index in [1.807, 2.05) is 78.5 Å². The Bertz CT molecular complexity index is 1340. The second kappa shape index (κ2) is 13.2. The molecule has 4 aromatic rings. The lowest BCUT2D eigenvalue weighted by atomic mass is 10.0. The highest BCUT2D eigenvalue weighted by Gasteiger charge is 2.31. The monoisotopic (exact) mass is 601 g/mol. The number of carbonyl (C=O) groups is 2. The molecule has 0 bridgehead atoms. The molecular weight excluding hydrogens is 578 g/mol. The highest BCUT2D eigenvalue weighted by Crippen LogP contribution is 2.40. The first kappa shape index (κ1) is 28.1. The molecule has 0 aliphatic heterocycles. The van der Waals surface area contributed by atoms with Crippen molar-refractivity contribution in [3.05, 3.63) is 111 Å². The van der Waals surface area contributed by atoms with Crippen LogP contribution in [0.2, 0.25) is 5.02 Å². The molecule has 2 aromatic heterocycles. The van der Waals surface area contributed by atoms with Crippen molar-refractivity contribution >= 4 is 46.5 Å². The molecule has 0 saturated carbocycles. The second-order valence-electron chi connectivity index (χ2n) is 7.89. The molecule has 0 saturated heterocycles. The van der Waals surface area contributed by atoms with Gasteiger partial charge in [-0.05, 0) is 31.0 Å². The van der Waals surface area contributed by atoms with Crippen molar-refractivity contribution in [1.29, 1.82) is 0 Å². The van der Waals surface area contributed by atoms with Gasteiger partial charge < -0.3 is 21.7 Å². The van der Waals surface area contributed by atoms with Gasteiger partial charge in [0.25, 0.3) is 0 Å². The van der Waals surface area contributed by atoms with Crippen molar-refractivity contribution in [2.45, 2.75) is 30.2 Å². The summed E-state index contributed by atoms with van der Waals surface area (Å²) in [6.07, 6.45) is 3.94. The Morgan fingerprint density at radius 1 is 1.00 bits per heavy atom. The zero-order valence-corrected chi connectivity index (χ0v) is 23.8. The first-order valence-electron chi connectivity index (χ1n) is 11.2. The van der Waals surface area contributed by atoms with Gasteiger partial charge in [-0.3, -0.25) is 9.59 Å². The Morgan fingerprint density at radius 3 is 2.33 bits per heavy atom. The van der Waals surface area contributed by atoms with Crippen LogP contribution in [0.5, 0.6) is 0 Å². The Kier molecular flexibility index (Phi) is 10.3. The summed E-state index contributed by atoms with van der Waals surface area (Å²) in [5, 5.41) is 0.702. The van der Waals surface area contributed by atoms with Gasteiger partial charge in [-0.15, -0.1) is 23.1 Å². The van der Waals surface area contributed by atoms with Crippen LogP contribution in [-0.2, 0) is 21.7 Å². The fourth-order valence-electron chi connectivity index (χ4n) is 3.63. The number of benzene rings is 2. The van der Waals surface area contributed by atoms with Gasteiger partial charge >= 0.3 is 5.97 Å². The van der Waals surface area contributed by atoms with Gasteiger partial charge in [-0.2, -0.15) is 4.57 Å². The molecule has 36 heavy (non-hydrogen) atoms. The number of thioether (sulfide) groups is 1. The fraction of sp³-hybridized carbons (Fsp3) is 0.179. The van der Waals surface area contributed by atoms with E-state index in [1.165, 1.54) is 11.3 Å². The van der Waals surface area contributed by atoms with E-state index >= 15 is 0 Å². The molecule has 0 amide bonds. The van der Waals surface area contributed by atoms with E-state index in [2.05, 4.69) is 0 Å². The number of aromatic nitrogens is 1. The summed E-state index contributed by atoms with van der Waals surface area (Å²) in [5.74, 6) is 0.176. The van der Waals surface area contributed by atoms with E-state index in [1.54, 1.807) is 30.8 Å². The number of hydrogen-bond acceptors (Lipinski definition) is 5. The van der Waals surface area contributed by atoms with Crippen LogP contribution in [0.4, 0.5) is 0 Å². The first-order chi connectivity index (χ1) is 17.0. The van der Waals surface area contributed by atoms with Gasteiger partial charge in [0.05, 0.1) is 23.5 Å². The number of hydrogen-bond donors (Lipinski definition) is 0. The SMILES string of the molecule is CCOC(=O)Cc1c(C(=O)c2ccccc2)sc(SCc2ccccc2Cl)c1-[n+]1ccc(C)cc1.[Br-]. The molecule has 4 rings (SSSR count). The third-order valence-electron chi connectivity index (χ3n) is 5.39. The Morgan fingerprint density at radius 2 is 1.67 bits per heavy atom. The van der Waals surface area contributed by atoms with Gasteiger partial charge in [0.2, 0.25) is 11.5 Å². The average molecular weight is 603 g/mol. The number of nitrogens with zero attached hydrogens (tertiary/aromatic N) is 1. The number of rotatable bonds is 9. The minimum atomic E-state index is -0.357. The molecule has 2 heterocycles. The predicted molar refractivity (Wildman–Crippen MR) is 142 cm³/mol. The largest absolute Gasteiger partial charge is 1.00 e. The topological polar surface area (TPSA) is 47.3 Å². The Hall–Kier alpha value is -2.45. The summed E-state index contributed by atoms with van der Waals surface area (Å²) >= 11 is 9.43. The van der Waals surface area contributed by atoms with Gasteiger partial charge in [0, 0.05) is 28.5 Å². The normalized spacial score (nSPS) is 10.5. The summed E-state index contributed by atoms with van der Waals surface area (Å²) in [6.45, 7) is 4.09. The standard InChI is InChI=1S/C28H25ClNO3S2.BrH/c1-3-33-24(31)17-22-25(30-15-13-19(2)14-16-30)28(34-18-21-11-7-8-12-23(21)29)35-27(22)26(32)20-9-5-4-6-10-20;/h4-16H,3,17-18H2,1-2H3;1H/q+1;/p-1. The van der Waals surface area contributed by atoms with Crippen molar-refractivity contribution in [3.8, 4) is 5.69 Å². The van der Waals surface area contributed by atoms with E-state index < -0.39 is 0 Å². The molecule has 0 aliphatic carbocycles. The summed E-state index contributed by atoms with van der Waals surface area (Å²) in [4.78, 5) is 26.8. The highest BCUT2D eigenvalue weighted by atomic mass is 79.9. The van der Waals surface area contributed by atoms with Crippen molar-refractivity contribution in [3.63, 3.8) is 0 Å². The van der Waals surface area contributed by atoms with E-state index in [4.69, 9.17) is 16.3 Å². The molecule has 8 heteroatoms. The number of ether oxygens (including phenoxy) is 1. The van der Waals surface area contributed by atoms with E-state index in [0.717, 1.165) is 21.0 Å².